The Morgan fingerprint density at radius 2 is 1.57 bits per heavy atom. The molecule has 0 atom stereocenters. The number of amides is 2. The lowest BCUT2D eigenvalue weighted by Gasteiger charge is -2.34. The molecular weight excluding hydrogens is 360 g/mol. The minimum absolute atomic E-state index is 0.0436. The van der Waals surface area contributed by atoms with Gasteiger partial charge in [0.2, 0.25) is 0 Å². The van der Waals surface area contributed by atoms with Gasteiger partial charge >= 0.3 is 5.97 Å². The van der Waals surface area contributed by atoms with E-state index >= 15 is 0 Å². The fraction of sp³-hybridized carbons (Fsp3) is 0.286. The molecule has 3 rings (SSSR count). The molecule has 0 spiro atoms. The van der Waals surface area contributed by atoms with Gasteiger partial charge < -0.3 is 19.6 Å². The number of hydrogen-bond donors (Lipinski definition) is 1. The van der Waals surface area contributed by atoms with E-state index < -0.39 is 5.97 Å². The second-order valence-electron chi connectivity index (χ2n) is 6.66. The van der Waals surface area contributed by atoms with Crippen molar-refractivity contribution in [3.05, 3.63) is 65.2 Å². The first kappa shape index (κ1) is 19.4. The SMILES string of the molecule is Cc1cccc(OCC(=O)N2CCN(C(=O)c3cccc(C(=O)O)c3)CC2)c1. The van der Waals surface area contributed by atoms with E-state index in [0.717, 1.165) is 5.56 Å². The minimum atomic E-state index is -1.07. The van der Waals surface area contributed by atoms with E-state index in [2.05, 4.69) is 0 Å². The molecule has 28 heavy (non-hydrogen) atoms. The summed E-state index contributed by atoms with van der Waals surface area (Å²) in [6.07, 6.45) is 0. The standard InChI is InChI=1S/C21H22N2O5/c1-15-4-2-7-18(12-15)28-14-19(24)22-8-10-23(11-9-22)20(25)16-5-3-6-17(13-16)21(26)27/h2-7,12-13H,8-11,14H2,1H3,(H,26,27). The highest BCUT2D eigenvalue weighted by molar-refractivity contribution is 5.97. The smallest absolute Gasteiger partial charge is 0.335 e. The highest BCUT2D eigenvalue weighted by Gasteiger charge is 2.25. The van der Waals surface area contributed by atoms with E-state index in [1.54, 1.807) is 21.9 Å². The van der Waals surface area contributed by atoms with E-state index in [9.17, 15) is 14.4 Å². The zero-order valence-electron chi connectivity index (χ0n) is 15.6. The number of aryl methyl sites for hydroxylation is 1. The molecule has 1 saturated heterocycles. The van der Waals surface area contributed by atoms with E-state index in [-0.39, 0.29) is 24.0 Å². The summed E-state index contributed by atoms with van der Waals surface area (Å²) in [4.78, 5) is 39.3. The molecule has 7 heteroatoms. The summed E-state index contributed by atoms with van der Waals surface area (Å²) in [7, 11) is 0. The van der Waals surface area contributed by atoms with E-state index in [0.29, 0.717) is 37.5 Å². The molecule has 0 aliphatic carbocycles. The van der Waals surface area contributed by atoms with Gasteiger partial charge in [-0.3, -0.25) is 9.59 Å². The van der Waals surface area contributed by atoms with Crippen LogP contribution in [0.4, 0.5) is 0 Å². The lowest BCUT2D eigenvalue weighted by atomic mass is 10.1. The highest BCUT2D eigenvalue weighted by atomic mass is 16.5. The number of carbonyl (C=O) groups excluding carboxylic acids is 2. The third-order valence-electron chi connectivity index (χ3n) is 4.63. The van der Waals surface area contributed by atoms with Crippen molar-refractivity contribution in [1.82, 2.24) is 9.80 Å². The molecule has 1 heterocycles. The molecule has 0 saturated carbocycles. The molecule has 1 aliphatic rings. The van der Waals surface area contributed by atoms with Crippen molar-refractivity contribution in [1.29, 1.82) is 0 Å². The van der Waals surface area contributed by atoms with E-state index in [1.165, 1.54) is 12.1 Å². The van der Waals surface area contributed by atoms with Gasteiger partial charge in [0.1, 0.15) is 5.75 Å². The van der Waals surface area contributed by atoms with Crippen LogP contribution in [0, 0.1) is 6.92 Å². The van der Waals surface area contributed by atoms with Gasteiger partial charge in [-0.2, -0.15) is 0 Å². The summed E-state index contributed by atoms with van der Waals surface area (Å²) in [6.45, 7) is 3.54. The second kappa shape index (κ2) is 8.56. The predicted octanol–water partition coefficient (Wildman–Crippen LogP) is 2.06. The number of benzene rings is 2. The Kier molecular flexibility index (Phi) is 5.93. The summed E-state index contributed by atoms with van der Waals surface area (Å²) in [6, 6.07) is 13.5. The molecule has 0 bridgehead atoms. The molecule has 2 aromatic carbocycles. The summed E-state index contributed by atoms with van der Waals surface area (Å²) < 4.78 is 5.55. The van der Waals surface area contributed by atoms with Crippen LogP contribution in [0.5, 0.6) is 5.75 Å². The van der Waals surface area contributed by atoms with Crippen LogP contribution in [0.15, 0.2) is 48.5 Å². The lowest BCUT2D eigenvalue weighted by Crippen LogP contribution is -2.51. The normalized spacial score (nSPS) is 13.9. The first-order valence-electron chi connectivity index (χ1n) is 9.04. The molecule has 2 amide bonds. The van der Waals surface area contributed by atoms with Gasteiger partial charge in [0.25, 0.3) is 11.8 Å². The third kappa shape index (κ3) is 4.68. The van der Waals surface area contributed by atoms with Crippen LogP contribution in [0.2, 0.25) is 0 Å². The number of piperazine rings is 1. The van der Waals surface area contributed by atoms with Gasteiger partial charge in [-0.05, 0) is 42.8 Å². The van der Waals surface area contributed by atoms with Crippen LogP contribution >= 0.6 is 0 Å². The summed E-state index contributed by atoms with van der Waals surface area (Å²) in [5, 5.41) is 9.06. The average Bonchev–Trinajstić information content (AvgIpc) is 2.71. The molecule has 0 radical (unpaired) electrons. The average molecular weight is 382 g/mol. The van der Waals surface area contributed by atoms with Crippen molar-refractivity contribution in [2.24, 2.45) is 0 Å². The maximum atomic E-state index is 12.6. The quantitative estimate of drug-likeness (QED) is 0.855. The minimum Gasteiger partial charge on any atom is -0.484 e. The Morgan fingerprint density at radius 3 is 2.25 bits per heavy atom. The first-order chi connectivity index (χ1) is 13.4. The summed E-state index contributed by atoms with van der Waals surface area (Å²) in [5.41, 5.74) is 1.47. The molecule has 146 valence electrons. The number of carboxylic acids is 1. The monoisotopic (exact) mass is 382 g/mol. The molecule has 7 nitrogen and oxygen atoms in total. The van der Waals surface area contributed by atoms with Crippen molar-refractivity contribution >= 4 is 17.8 Å². The largest absolute Gasteiger partial charge is 0.484 e. The van der Waals surface area contributed by atoms with Gasteiger partial charge in [-0.1, -0.05) is 18.2 Å². The lowest BCUT2D eigenvalue weighted by molar-refractivity contribution is -0.134. The number of hydrogen-bond acceptors (Lipinski definition) is 4. The van der Waals surface area contributed by atoms with Gasteiger partial charge in [-0.15, -0.1) is 0 Å². The fourth-order valence-electron chi connectivity index (χ4n) is 3.07. The van der Waals surface area contributed by atoms with Gasteiger partial charge in [0.15, 0.2) is 6.61 Å². The van der Waals surface area contributed by atoms with Gasteiger partial charge in [0, 0.05) is 31.7 Å². The number of ether oxygens (including phenoxy) is 1. The van der Waals surface area contributed by atoms with Crippen molar-refractivity contribution in [3.8, 4) is 5.75 Å². The van der Waals surface area contributed by atoms with Crippen LogP contribution in [0.25, 0.3) is 0 Å². The molecule has 1 fully saturated rings. The number of rotatable bonds is 5. The molecule has 1 N–H and O–H groups in total. The fourth-order valence-corrected chi connectivity index (χ4v) is 3.07. The summed E-state index contributed by atoms with van der Waals surface area (Å²) in [5.74, 6) is -0.771. The van der Waals surface area contributed by atoms with Gasteiger partial charge in [0.05, 0.1) is 5.56 Å². The van der Waals surface area contributed by atoms with E-state index in [4.69, 9.17) is 9.84 Å². The number of aromatic carboxylic acids is 1. The number of carboxylic acid groups (broad SMARTS) is 1. The Labute approximate surface area is 163 Å². The first-order valence-corrected chi connectivity index (χ1v) is 9.04. The number of carbonyl (C=O) groups is 3. The maximum Gasteiger partial charge on any atom is 0.335 e. The van der Waals surface area contributed by atoms with Crippen LogP contribution in [0.3, 0.4) is 0 Å². The Hall–Kier alpha value is -3.35. The maximum absolute atomic E-state index is 12.6. The predicted molar refractivity (Wildman–Crippen MR) is 103 cm³/mol. The van der Waals surface area contributed by atoms with Crippen LogP contribution < -0.4 is 4.74 Å². The Morgan fingerprint density at radius 1 is 0.929 bits per heavy atom. The van der Waals surface area contributed by atoms with Crippen molar-refractivity contribution in [3.63, 3.8) is 0 Å². The highest BCUT2D eigenvalue weighted by Crippen LogP contribution is 2.14. The van der Waals surface area contributed by atoms with Crippen LogP contribution in [-0.2, 0) is 4.79 Å². The van der Waals surface area contributed by atoms with Crippen molar-refractivity contribution < 1.29 is 24.2 Å². The van der Waals surface area contributed by atoms with Gasteiger partial charge in [-0.25, -0.2) is 4.79 Å². The molecular formula is C21H22N2O5. The molecule has 0 unspecified atom stereocenters. The Bertz CT molecular complexity index is 888. The topological polar surface area (TPSA) is 87.2 Å². The summed E-state index contributed by atoms with van der Waals surface area (Å²) >= 11 is 0. The second-order valence-corrected chi connectivity index (χ2v) is 6.66. The van der Waals surface area contributed by atoms with Crippen LogP contribution in [-0.4, -0.2) is 65.5 Å². The van der Waals surface area contributed by atoms with Crippen LogP contribution in [0.1, 0.15) is 26.3 Å². The zero-order chi connectivity index (χ0) is 20.1. The van der Waals surface area contributed by atoms with Crippen molar-refractivity contribution in [2.75, 3.05) is 32.8 Å². The molecule has 0 aromatic heterocycles. The molecule has 1 aliphatic heterocycles. The molecule has 2 aromatic rings. The van der Waals surface area contributed by atoms with Crippen molar-refractivity contribution in [2.45, 2.75) is 6.92 Å². The zero-order valence-corrected chi connectivity index (χ0v) is 15.6. The number of nitrogens with zero attached hydrogens (tertiary/aromatic N) is 2. The third-order valence-corrected chi connectivity index (χ3v) is 4.63. The Balaban J connectivity index is 1.52. The van der Waals surface area contributed by atoms with E-state index in [1.807, 2.05) is 31.2 Å².